The molecule has 0 saturated heterocycles. The molecule has 4 aromatic heterocycles. The lowest BCUT2D eigenvalue weighted by molar-refractivity contribution is 0.622. The Labute approximate surface area is 129 Å². The van der Waals surface area contributed by atoms with Crippen molar-refractivity contribution in [3.63, 3.8) is 0 Å². The minimum absolute atomic E-state index is 0.373. The molecule has 0 amide bonds. The van der Waals surface area contributed by atoms with Gasteiger partial charge in [0.2, 0.25) is 0 Å². The van der Waals surface area contributed by atoms with Gasteiger partial charge >= 0.3 is 0 Å². The molecule has 4 rings (SSSR count). The number of hydrogen-bond acceptors (Lipinski definition) is 5. The highest BCUT2D eigenvalue weighted by Crippen LogP contribution is 2.30. The predicted molar refractivity (Wildman–Crippen MR) is 82.5 cm³/mol. The highest BCUT2D eigenvalue weighted by molar-refractivity contribution is 7.21. The first-order chi connectivity index (χ1) is 10.7. The zero-order valence-electron chi connectivity index (χ0n) is 11.6. The Balaban J connectivity index is 1.81. The zero-order chi connectivity index (χ0) is 15.1. The lowest BCUT2D eigenvalue weighted by Crippen LogP contribution is -1.96. The molecule has 4 heterocycles. The Hall–Kier alpha value is -2.67. The number of aromatic nitrogens is 5. The van der Waals surface area contributed by atoms with Crippen LogP contribution >= 0.6 is 11.3 Å². The second-order valence-electron chi connectivity index (χ2n) is 4.88. The van der Waals surface area contributed by atoms with Gasteiger partial charge in [-0.15, -0.1) is 11.3 Å². The van der Waals surface area contributed by atoms with Gasteiger partial charge in [-0.2, -0.15) is 5.10 Å². The monoisotopic (exact) mass is 311 g/mol. The van der Waals surface area contributed by atoms with Crippen LogP contribution in [0.5, 0.6) is 0 Å². The van der Waals surface area contributed by atoms with Gasteiger partial charge in [-0.3, -0.25) is 4.98 Å². The van der Waals surface area contributed by atoms with Crippen molar-refractivity contribution >= 4 is 21.6 Å². The summed E-state index contributed by atoms with van der Waals surface area (Å²) < 4.78 is 16.0. The highest BCUT2D eigenvalue weighted by Gasteiger charge is 2.10. The van der Waals surface area contributed by atoms with Crippen molar-refractivity contribution in [2.75, 3.05) is 0 Å². The molecule has 108 valence electrons. The largest absolute Gasteiger partial charge is 0.261 e. The number of fused-ring (bicyclic) bond motifs is 1. The Bertz CT molecular complexity index is 975. The molecule has 4 aromatic rings. The van der Waals surface area contributed by atoms with E-state index in [0.717, 1.165) is 26.6 Å². The molecule has 22 heavy (non-hydrogen) atoms. The smallest absolute Gasteiger partial charge is 0.154 e. The molecule has 0 aromatic carbocycles. The fourth-order valence-corrected chi connectivity index (χ4v) is 3.09. The van der Waals surface area contributed by atoms with E-state index in [-0.39, 0.29) is 5.82 Å². The minimum atomic E-state index is -0.373. The number of halogens is 1. The first-order valence-electron chi connectivity index (χ1n) is 6.58. The third-order valence-corrected chi connectivity index (χ3v) is 4.23. The fourth-order valence-electron chi connectivity index (χ4n) is 2.14. The van der Waals surface area contributed by atoms with Crippen molar-refractivity contribution in [2.45, 2.75) is 6.92 Å². The quantitative estimate of drug-likeness (QED) is 0.569. The first-order valence-corrected chi connectivity index (χ1v) is 7.40. The third-order valence-electron chi connectivity index (χ3n) is 3.16. The molecule has 0 unspecified atom stereocenters. The summed E-state index contributed by atoms with van der Waals surface area (Å²) in [6.07, 6.45) is 8.17. The molecular formula is C15H10FN5S. The van der Waals surface area contributed by atoms with Crippen LogP contribution in [0.2, 0.25) is 0 Å². The van der Waals surface area contributed by atoms with E-state index in [1.807, 2.05) is 19.2 Å². The first kappa shape index (κ1) is 13.0. The molecule has 0 atom stereocenters. The molecule has 5 nitrogen and oxygen atoms in total. The second kappa shape index (κ2) is 4.96. The summed E-state index contributed by atoms with van der Waals surface area (Å²) in [4.78, 5) is 12.7. The molecule has 0 aliphatic carbocycles. The minimum Gasteiger partial charge on any atom is -0.261 e. The summed E-state index contributed by atoms with van der Waals surface area (Å²) in [5.74, 6) is 0.357. The maximum absolute atomic E-state index is 13.3. The van der Waals surface area contributed by atoms with Crippen LogP contribution in [0.4, 0.5) is 4.39 Å². The Morgan fingerprint density at radius 1 is 1.14 bits per heavy atom. The van der Waals surface area contributed by atoms with Gasteiger partial charge in [0.05, 0.1) is 23.3 Å². The zero-order valence-corrected chi connectivity index (χ0v) is 12.4. The van der Waals surface area contributed by atoms with Gasteiger partial charge in [0.15, 0.2) is 5.82 Å². The van der Waals surface area contributed by atoms with E-state index in [9.17, 15) is 4.39 Å². The van der Waals surface area contributed by atoms with E-state index >= 15 is 0 Å². The lowest BCUT2D eigenvalue weighted by Gasteiger charge is -1.98. The predicted octanol–water partition coefficient (Wildman–Crippen LogP) is 3.39. The molecule has 0 spiro atoms. The van der Waals surface area contributed by atoms with Crippen molar-refractivity contribution in [1.29, 1.82) is 0 Å². The van der Waals surface area contributed by atoms with Crippen molar-refractivity contribution < 1.29 is 4.39 Å². The Morgan fingerprint density at radius 2 is 2.05 bits per heavy atom. The van der Waals surface area contributed by atoms with Gasteiger partial charge < -0.3 is 0 Å². The van der Waals surface area contributed by atoms with Gasteiger partial charge in [0, 0.05) is 24.0 Å². The molecule has 0 aliphatic rings. The Kier molecular flexibility index (Phi) is 2.93. The van der Waals surface area contributed by atoms with Crippen molar-refractivity contribution in [1.82, 2.24) is 24.7 Å². The number of rotatable bonds is 2. The van der Waals surface area contributed by atoms with Gasteiger partial charge in [-0.05, 0) is 18.6 Å². The van der Waals surface area contributed by atoms with Crippen LogP contribution in [0.1, 0.15) is 5.56 Å². The van der Waals surface area contributed by atoms with E-state index in [1.165, 1.54) is 23.6 Å². The van der Waals surface area contributed by atoms with Crippen LogP contribution in [-0.4, -0.2) is 24.7 Å². The molecule has 7 heteroatoms. The second-order valence-corrected chi connectivity index (χ2v) is 5.91. The summed E-state index contributed by atoms with van der Waals surface area (Å²) in [6.45, 7) is 1.98. The van der Waals surface area contributed by atoms with Crippen LogP contribution in [0.3, 0.4) is 0 Å². The fraction of sp³-hybridized carbons (Fsp3) is 0.0667. The number of pyridine rings is 2. The molecule has 0 N–H and O–H groups in total. The summed E-state index contributed by atoms with van der Waals surface area (Å²) in [7, 11) is 0. The van der Waals surface area contributed by atoms with E-state index in [0.29, 0.717) is 5.56 Å². The SMILES string of the molecule is Cc1cnn(-c2cc3sc(-c4cncc(F)c4)nc3cn2)c1. The number of hydrogen-bond donors (Lipinski definition) is 0. The third kappa shape index (κ3) is 2.25. The molecule has 0 radical (unpaired) electrons. The maximum Gasteiger partial charge on any atom is 0.154 e. The van der Waals surface area contributed by atoms with E-state index in [2.05, 4.69) is 20.1 Å². The highest BCUT2D eigenvalue weighted by atomic mass is 32.1. The van der Waals surface area contributed by atoms with Crippen LogP contribution in [-0.2, 0) is 0 Å². The van der Waals surface area contributed by atoms with Crippen molar-refractivity contribution in [3.05, 3.63) is 54.5 Å². The summed E-state index contributed by atoms with van der Waals surface area (Å²) in [5, 5.41) is 4.97. The molecule has 0 aliphatic heterocycles. The molecular weight excluding hydrogens is 301 g/mol. The number of thiazole rings is 1. The van der Waals surface area contributed by atoms with E-state index in [4.69, 9.17) is 0 Å². The van der Waals surface area contributed by atoms with Crippen LogP contribution in [0, 0.1) is 12.7 Å². The van der Waals surface area contributed by atoms with E-state index in [1.54, 1.807) is 23.3 Å². The summed E-state index contributed by atoms with van der Waals surface area (Å²) in [5.41, 5.74) is 2.51. The average Bonchev–Trinajstić information content (AvgIpc) is 3.12. The van der Waals surface area contributed by atoms with Gasteiger partial charge in [0.1, 0.15) is 16.3 Å². The number of aryl methyl sites for hydroxylation is 1. The topological polar surface area (TPSA) is 56.5 Å². The lowest BCUT2D eigenvalue weighted by atomic mass is 10.3. The Morgan fingerprint density at radius 3 is 2.82 bits per heavy atom. The molecule has 0 fully saturated rings. The molecule has 0 saturated carbocycles. The van der Waals surface area contributed by atoms with Crippen LogP contribution in [0.25, 0.3) is 26.6 Å². The van der Waals surface area contributed by atoms with Gasteiger partial charge in [0.25, 0.3) is 0 Å². The molecule has 0 bridgehead atoms. The van der Waals surface area contributed by atoms with Crippen molar-refractivity contribution in [2.24, 2.45) is 0 Å². The standard InChI is InChI=1S/C15H10FN5S/c1-9-4-19-21(8-9)14-3-13-12(7-18-14)20-15(22-13)10-2-11(16)6-17-5-10/h2-8H,1H3. The van der Waals surface area contributed by atoms with Crippen LogP contribution in [0.15, 0.2) is 43.1 Å². The number of nitrogens with zero attached hydrogens (tertiary/aromatic N) is 5. The van der Waals surface area contributed by atoms with Gasteiger partial charge in [-0.1, -0.05) is 0 Å². The summed E-state index contributed by atoms with van der Waals surface area (Å²) >= 11 is 1.48. The van der Waals surface area contributed by atoms with Crippen molar-refractivity contribution in [3.8, 4) is 16.4 Å². The van der Waals surface area contributed by atoms with E-state index < -0.39 is 0 Å². The van der Waals surface area contributed by atoms with Crippen LogP contribution < -0.4 is 0 Å². The normalized spacial score (nSPS) is 11.2. The van der Waals surface area contributed by atoms with Gasteiger partial charge in [-0.25, -0.2) is 19.0 Å². The maximum atomic E-state index is 13.3. The summed E-state index contributed by atoms with van der Waals surface area (Å²) in [6, 6.07) is 3.35. The average molecular weight is 311 g/mol.